The summed E-state index contributed by atoms with van der Waals surface area (Å²) < 4.78 is 5.49. The van der Waals surface area contributed by atoms with Crippen molar-refractivity contribution in [1.29, 1.82) is 0 Å². The highest BCUT2D eigenvalue weighted by molar-refractivity contribution is 6.33. The molecule has 7 nitrogen and oxygen atoms in total. The summed E-state index contributed by atoms with van der Waals surface area (Å²) in [4.78, 5) is 8.33. The van der Waals surface area contributed by atoms with Gasteiger partial charge in [0.05, 0.1) is 29.5 Å². The summed E-state index contributed by atoms with van der Waals surface area (Å²) in [6.45, 7) is 2.68. The van der Waals surface area contributed by atoms with Crippen LogP contribution in [0.5, 0.6) is 11.6 Å². The number of aromatic hydroxyl groups is 1. The van der Waals surface area contributed by atoms with Crippen LogP contribution in [0.2, 0.25) is 10.0 Å². The van der Waals surface area contributed by atoms with E-state index in [4.69, 9.17) is 33.0 Å². The van der Waals surface area contributed by atoms with E-state index in [0.29, 0.717) is 41.0 Å². The van der Waals surface area contributed by atoms with Crippen LogP contribution >= 0.6 is 23.2 Å². The van der Waals surface area contributed by atoms with Crippen LogP contribution in [0.15, 0.2) is 60.8 Å². The number of β-amino-alcohol motifs (C(OH)–C–C–N with tert-alkyl or cyclic N) is 1. The first-order chi connectivity index (χ1) is 16.4. The third-order valence-corrected chi connectivity index (χ3v) is 6.45. The van der Waals surface area contributed by atoms with Crippen molar-refractivity contribution in [3.8, 4) is 11.6 Å². The van der Waals surface area contributed by atoms with Gasteiger partial charge in [-0.15, -0.1) is 0 Å². The monoisotopic (exact) mass is 503 g/mol. The number of aliphatic hydroxyl groups excluding tert-OH is 2. The molecule has 0 unspecified atom stereocenters. The zero-order valence-electron chi connectivity index (χ0n) is 18.5. The summed E-state index contributed by atoms with van der Waals surface area (Å²) in [5.41, 5.74) is 2.64. The maximum atomic E-state index is 10.7. The van der Waals surface area contributed by atoms with Gasteiger partial charge < -0.3 is 25.0 Å². The minimum Gasteiger partial charge on any atom is -0.493 e. The van der Waals surface area contributed by atoms with Crippen molar-refractivity contribution in [2.24, 2.45) is 0 Å². The van der Waals surface area contributed by atoms with E-state index in [1.165, 1.54) is 12.3 Å². The zero-order chi connectivity index (χ0) is 24.1. The Bertz CT molecular complexity index is 1080. The lowest BCUT2D eigenvalue weighted by molar-refractivity contribution is 0.100. The lowest BCUT2D eigenvalue weighted by atomic mass is 10.0. The first kappa shape index (κ1) is 24.6. The number of rotatable bonds is 8. The fourth-order valence-corrected chi connectivity index (χ4v) is 4.59. The van der Waals surface area contributed by atoms with Gasteiger partial charge in [0.25, 0.3) is 0 Å². The second-order valence-electron chi connectivity index (χ2n) is 8.17. The van der Waals surface area contributed by atoms with Gasteiger partial charge in [-0.25, -0.2) is 4.98 Å². The van der Waals surface area contributed by atoms with Crippen LogP contribution in [0, 0.1) is 0 Å². The zero-order valence-corrected chi connectivity index (χ0v) is 20.0. The Hall–Kier alpha value is -2.55. The molecule has 0 bridgehead atoms. The van der Waals surface area contributed by atoms with Gasteiger partial charge in [0.1, 0.15) is 12.4 Å². The van der Waals surface area contributed by atoms with E-state index in [-0.39, 0.29) is 25.1 Å². The minimum atomic E-state index is -0.725. The number of halogens is 2. The highest BCUT2D eigenvalue weighted by Gasteiger charge is 2.31. The second kappa shape index (κ2) is 11.3. The molecule has 0 saturated carbocycles. The average Bonchev–Trinajstić information content (AvgIpc) is 2.84. The van der Waals surface area contributed by atoms with Gasteiger partial charge >= 0.3 is 0 Å². The first-order valence-corrected chi connectivity index (χ1v) is 11.8. The highest BCUT2D eigenvalue weighted by Crippen LogP contribution is 2.37. The van der Waals surface area contributed by atoms with Crippen LogP contribution in [0.4, 0.5) is 5.69 Å². The number of hydrogen-bond donors (Lipinski definition) is 3. The van der Waals surface area contributed by atoms with Gasteiger partial charge in [-0.1, -0.05) is 35.3 Å². The quantitative estimate of drug-likeness (QED) is 0.426. The maximum Gasteiger partial charge on any atom is 0.210 e. The van der Waals surface area contributed by atoms with Gasteiger partial charge in [0.15, 0.2) is 0 Å². The number of nitrogens with zero attached hydrogens (tertiary/aromatic N) is 3. The summed E-state index contributed by atoms with van der Waals surface area (Å²) in [5.74, 6) is 0.534. The smallest absolute Gasteiger partial charge is 0.210 e. The van der Waals surface area contributed by atoms with Gasteiger partial charge in [-0.2, -0.15) is 0 Å². The van der Waals surface area contributed by atoms with Crippen molar-refractivity contribution in [1.82, 2.24) is 9.88 Å². The largest absolute Gasteiger partial charge is 0.493 e. The average molecular weight is 504 g/mol. The summed E-state index contributed by atoms with van der Waals surface area (Å²) in [6.07, 6.45) is 0.768. The molecule has 1 saturated heterocycles. The molecule has 0 amide bonds. The Morgan fingerprint density at radius 3 is 2.53 bits per heavy atom. The van der Waals surface area contributed by atoms with Crippen LogP contribution in [-0.2, 0) is 0 Å². The Morgan fingerprint density at radius 2 is 1.85 bits per heavy atom. The van der Waals surface area contributed by atoms with Crippen LogP contribution in [-0.4, -0.2) is 64.6 Å². The van der Waals surface area contributed by atoms with Crippen LogP contribution < -0.4 is 9.64 Å². The lowest BCUT2D eigenvalue weighted by Gasteiger charge is -2.44. The Labute approximate surface area is 208 Å². The van der Waals surface area contributed by atoms with Crippen molar-refractivity contribution in [3.05, 3.63) is 82.0 Å². The number of piperazine rings is 1. The molecule has 3 N–H and O–H groups in total. The van der Waals surface area contributed by atoms with Crippen LogP contribution in [0.3, 0.4) is 0 Å². The molecule has 3 aromatic rings. The van der Waals surface area contributed by atoms with E-state index in [9.17, 15) is 10.2 Å². The maximum absolute atomic E-state index is 10.7. The third-order valence-electron chi connectivity index (χ3n) is 5.89. The van der Waals surface area contributed by atoms with E-state index in [0.717, 1.165) is 17.8 Å². The molecular formula is C25H27Cl2N3O4. The molecule has 1 aliphatic heterocycles. The molecule has 0 spiro atoms. The molecule has 1 aromatic heterocycles. The Balaban J connectivity index is 1.55. The molecule has 2 atom stereocenters. The predicted octanol–water partition coefficient (Wildman–Crippen LogP) is 4.06. The van der Waals surface area contributed by atoms with Gasteiger partial charge in [0, 0.05) is 55.1 Å². The molecule has 0 radical (unpaired) electrons. The Morgan fingerprint density at radius 1 is 1.06 bits per heavy atom. The molecule has 1 aliphatic rings. The van der Waals surface area contributed by atoms with E-state index in [1.807, 2.05) is 36.4 Å². The molecule has 0 aliphatic carbocycles. The molecule has 2 aromatic carbocycles. The van der Waals surface area contributed by atoms with E-state index in [2.05, 4.69) is 14.8 Å². The SMILES string of the molecule is OCCOc1ccc(N2CCN(C[C@@H](O)c3ccc(O)nc3)C[C@H]2c2ccc(Cl)cc2)c(Cl)c1. The summed E-state index contributed by atoms with van der Waals surface area (Å²) in [5, 5.41) is 30.4. The molecule has 1 fully saturated rings. The minimum absolute atomic E-state index is 0.0159. The normalized spacial score (nSPS) is 17.5. The summed E-state index contributed by atoms with van der Waals surface area (Å²) >= 11 is 12.8. The third kappa shape index (κ3) is 5.92. The predicted molar refractivity (Wildman–Crippen MR) is 133 cm³/mol. The van der Waals surface area contributed by atoms with Gasteiger partial charge in [-0.3, -0.25) is 4.90 Å². The summed E-state index contributed by atoms with van der Waals surface area (Å²) in [6, 6.07) is 16.5. The number of pyridine rings is 1. The standard InChI is InChI=1S/C25H27Cl2N3O4/c26-19-4-1-17(2-5-19)23-15-29(16-24(32)18-3-8-25(33)28-14-18)9-10-30(23)22-7-6-20(13-21(22)27)34-12-11-31/h1-8,13-14,23-24,31-32H,9-12,15-16H2,(H,28,33)/t23-,24+/m0/s1. The molecule has 34 heavy (non-hydrogen) atoms. The molecule has 9 heteroatoms. The van der Waals surface area contributed by atoms with Gasteiger partial charge in [0.2, 0.25) is 5.88 Å². The Kier molecular flexibility index (Phi) is 8.13. The first-order valence-electron chi connectivity index (χ1n) is 11.0. The van der Waals surface area contributed by atoms with Crippen molar-refractivity contribution in [2.75, 3.05) is 44.3 Å². The fraction of sp³-hybridized carbons (Fsp3) is 0.320. The van der Waals surface area contributed by atoms with Crippen molar-refractivity contribution >= 4 is 28.9 Å². The molecular weight excluding hydrogens is 477 g/mol. The van der Waals surface area contributed by atoms with Crippen LogP contribution in [0.1, 0.15) is 23.3 Å². The topological polar surface area (TPSA) is 89.3 Å². The van der Waals surface area contributed by atoms with Gasteiger partial charge in [-0.05, 0) is 35.9 Å². The van der Waals surface area contributed by atoms with Crippen molar-refractivity contribution in [3.63, 3.8) is 0 Å². The number of hydrogen-bond acceptors (Lipinski definition) is 7. The van der Waals surface area contributed by atoms with Crippen molar-refractivity contribution in [2.45, 2.75) is 12.1 Å². The van der Waals surface area contributed by atoms with Crippen LogP contribution in [0.25, 0.3) is 0 Å². The van der Waals surface area contributed by atoms with Crippen molar-refractivity contribution < 1.29 is 20.1 Å². The molecule has 4 rings (SSSR count). The number of anilines is 1. The van der Waals surface area contributed by atoms with E-state index in [1.54, 1.807) is 12.1 Å². The number of ether oxygens (including phenoxy) is 1. The molecule has 2 heterocycles. The highest BCUT2D eigenvalue weighted by atomic mass is 35.5. The lowest BCUT2D eigenvalue weighted by Crippen LogP contribution is -2.49. The number of aromatic nitrogens is 1. The number of benzene rings is 2. The molecule has 180 valence electrons. The van der Waals surface area contributed by atoms with E-state index >= 15 is 0 Å². The second-order valence-corrected chi connectivity index (χ2v) is 9.01. The number of aliphatic hydroxyl groups is 2. The fourth-order valence-electron chi connectivity index (χ4n) is 4.18. The van der Waals surface area contributed by atoms with E-state index < -0.39 is 6.10 Å². The summed E-state index contributed by atoms with van der Waals surface area (Å²) in [7, 11) is 0.